The number of carbonyl (C=O) groups is 1. The van der Waals surface area contributed by atoms with Crippen molar-refractivity contribution < 1.29 is 9.53 Å². The fraction of sp³-hybridized carbons (Fsp3) is 0.682. The van der Waals surface area contributed by atoms with Crippen LogP contribution < -0.4 is 10.6 Å². The van der Waals surface area contributed by atoms with Gasteiger partial charge in [0, 0.05) is 36.1 Å². The Labute approximate surface area is 163 Å². The molecule has 3 rings (SSSR count). The molecular weight excluding hydrogens is 338 g/mol. The van der Waals surface area contributed by atoms with Gasteiger partial charge < -0.3 is 20.3 Å². The number of nitrogens with one attached hydrogen (secondary N) is 2. The van der Waals surface area contributed by atoms with Gasteiger partial charge in [-0.1, -0.05) is 30.3 Å². The van der Waals surface area contributed by atoms with Gasteiger partial charge in [-0.15, -0.1) is 0 Å². The van der Waals surface area contributed by atoms with Crippen molar-refractivity contribution in [2.45, 2.75) is 70.7 Å². The van der Waals surface area contributed by atoms with E-state index in [9.17, 15) is 4.79 Å². The molecule has 5 nitrogen and oxygen atoms in total. The van der Waals surface area contributed by atoms with E-state index in [2.05, 4.69) is 50.5 Å². The molecule has 1 unspecified atom stereocenters. The van der Waals surface area contributed by atoms with E-state index in [-0.39, 0.29) is 23.2 Å². The predicted octanol–water partition coefficient (Wildman–Crippen LogP) is 3.54. The Kier molecular flexibility index (Phi) is 6.11. The first-order chi connectivity index (χ1) is 12.7. The van der Waals surface area contributed by atoms with Gasteiger partial charge in [-0.3, -0.25) is 0 Å². The molecule has 1 atom stereocenters. The van der Waals surface area contributed by atoms with Gasteiger partial charge in [0.25, 0.3) is 0 Å². The van der Waals surface area contributed by atoms with E-state index in [4.69, 9.17) is 4.74 Å². The number of rotatable bonds is 5. The molecule has 2 N–H and O–H groups in total. The van der Waals surface area contributed by atoms with Crippen molar-refractivity contribution in [3.63, 3.8) is 0 Å². The molecule has 0 saturated carbocycles. The molecule has 0 radical (unpaired) electrons. The Bertz CT molecular complexity index is 614. The molecule has 0 aromatic heterocycles. The van der Waals surface area contributed by atoms with Gasteiger partial charge in [-0.2, -0.15) is 0 Å². The van der Waals surface area contributed by atoms with Crippen LogP contribution in [0, 0.1) is 5.92 Å². The van der Waals surface area contributed by atoms with Crippen LogP contribution in [-0.4, -0.2) is 47.7 Å². The van der Waals surface area contributed by atoms with Gasteiger partial charge in [0.15, 0.2) is 0 Å². The van der Waals surface area contributed by atoms with Crippen LogP contribution in [0.5, 0.6) is 0 Å². The molecule has 2 saturated heterocycles. The lowest BCUT2D eigenvalue weighted by Gasteiger charge is -2.46. The fourth-order valence-electron chi connectivity index (χ4n) is 4.76. The lowest BCUT2D eigenvalue weighted by molar-refractivity contribution is 0.0893. The molecule has 1 aromatic carbocycles. The van der Waals surface area contributed by atoms with E-state index in [1.807, 2.05) is 23.1 Å². The van der Waals surface area contributed by atoms with Crippen LogP contribution in [0.1, 0.15) is 52.5 Å². The van der Waals surface area contributed by atoms with Crippen molar-refractivity contribution >= 4 is 6.03 Å². The van der Waals surface area contributed by atoms with Crippen LogP contribution in [0.2, 0.25) is 0 Å². The highest BCUT2D eigenvalue weighted by molar-refractivity contribution is 5.74. The van der Waals surface area contributed by atoms with E-state index < -0.39 is 0 Å². The van der Waals surface area contributed by atoms with Crippen LogP contribution in [0.3, 0.4) is 0 Å². The highest BCUT2D eigenvalue weighted by Gasteiger charge is 2.39. The second-order valence-electron chi connectivity index (χ2n) is 9.55. The van der Waals surface area contributed by atoms with Crippen LogP contribution in [0.15, 0.2) is 30.3 Å². The first-order valence-electron chi connectivity index (χ1n) is 10.2. The van der Waals surface area contributed by atoms with Gasteiger partial charge in [-0.25, -0.2) is 4.79 Å². The molecule has 27 heavy (non-hydrogen) atoms. The number of nitrogens with zero attached hydrogens (tertiary/aromatic N) is 1. The van der Waals surface area contributed by atoms with Crippen molar-refractivity contribution in [3.05, 3.63) is 35.9 Å². The molecule has 0 spiro atoms. The maximum Gasteiger partial charge on any atom is 0.317 e. The zero-order chi connectivity index (χ0) is 19.5. The summed E-state index contributed by atoms with van der Waals surface area (Å²) in [4.78, 5) is 14.7. The second kappa shape index (κ2) is 8.19. The largest absolute Gasteiger partial charge is 0.376 e. The minimum atomic E-state index is 0.0402. The molecule has 0 aliphatic carbocycles. The molecule has 2 aliphatic heterocycles. The molecular formula is C22H35N3O2. The molecule has 2 heterocycles. The summed E-state index contributed by atoms with van der Waals surface area (Å²) in [5.41, 5.74) is 1.28. The number of benzene rings is 1. The summed E-state index contributed by atoms with van der Waals surface area (Å²) < 4.78 is 5.87. The highest BCUT2D eigenvalue weighted by atomic mass is 16.5. The van der Waals surface area contributed by atoms with E-state index in [1.165, 1.54) is 5.56 Å². The molecule has 5 heteroatoms. The van der Waals surface area contributed by atoms with Gasteiger partial charge in [0.1, 0.15) is 0 Å². The minimum absolute atomic E-state index is 0.0402. The van der Waals surface area contributed by atoms with Crippen molar-refractivity contribution in [2.24, 2.45) is 5.92 Å². The third-order valence-corrected chi connectivity index (χ3v) is 5.56. The van der Waals surface area contributed by atoms with Crippen molar-refractivity contribution in [3.8, 4) is 0 Å². The summed E-state index contributed by atoms with van der Waals surface area (Å²) in [5.74, 6) is 0.431. The van der Waals surface area contributed by atoms with Gasteiger partial charge >= 0.3 is 6.03 Å². The molecule has 150 valence electrons. The summed E-state index contributed by atoms with van der Waals surface area (Å²) >= 11 is 0. The van der Waals surface area contributed by atoms with Gasteiger partial charge in [0.2, 0.25) is 0 Å². The second-order valence-corrected chi connectivity index (χ2v) is 9.55. The normalized spacial score (nSPS) is 24.7. The first kappa shape index (κ1) is 20.2. The molecule has 1 aromatic rings. The van der Waals surface area contributed by atoms with E-state index in [0.29, 0.717) is 19.1 Å². The van der Waals surface area contributed by atoms with Crippen LogP contribution in [0.4, 0.5) is 4.79 Å². The van der Waals surface area contributed by atoms with E-state index >= 15 is 0 Å². The first-order valence-corrected chi connectivity index (χ1v) is 10.2. The molecule has 2 aliphatic rings. The van der Waals surface area contributed by atoms with Crippen molar-refractivity contribution in [1.82, 2.24) is 15.5 Å². The van der Waals surface area contributed by atoms with Crippen LogP contribution in [0.25, 0.3) is 0 Å². The number of hydrogen-bond donors (Lipinski definition) is 2. The predicted molar refractivity (Wildman–Crippen MR) is 109 cm³/mol. The highest BCUT2D eigenvalue weighted by Crippen LogP contribution is 2.29. The van der Waals surface area contributed by atoms with E-state index in [0.717, 1.165) is 32.4 Å². The number of ether oxygens (including phenoxy) is 1. The van der Waals surface area contributed by atoms with Crippen molar-refractivity contribution in [1.29, 1.82) is 0 Å². The third-order valence-electron chi connectivity index (χ3n) is 5.56. The Morgan fingerprint density at radius 3 is 2.52 bits per heavy atom. The number of likely N-dealkylation sites (tertiary alicyclic amines) is 1. The maximum atomic E-state index is 12.7. The lowest BCUT2D eigenvalue weighted by atomic mass is 9.80. The maximum absolute atomic E-state index is 12.7. The SMILES string of the molecule is CC1(C)CC(NC(=O)N2CCC(COCc3ccccc3)C2)CC(C)(C)N1. The number of hydrogen-bond acceptors (Lipinski definition) is 3. The topological polar surface area (TPSA) is 53.6 Å². The zero-order valence-corrected chi connectivity index (χ0v) is 17.3. The van der Waals surface area contributed by atoms with E-state index in [1.54, 1.807) is 0 Å². The molecule has 2 amide bonds. The third kappa shape index (κ3) is 5.94. The number of urea groups is 1. The average Bonchev–Trinajstić information content (AvgIpc) is 3.02. The number of amides is 2. The summed E-state index contributed by atoms with van der Waals surface area (Å²) in [7, 11) is 0. The Morgan fingerprint density at radius 1 is 1.19 bits per heavy atom. The van der Waals surface area contributed by atoms with Gasteiger partial charge in [-0.05, 0) is 52.5 Å². The Balaban J connectivity index is 1.42. The zero-order valence-electron chi connectivity index (χ0n) is 17.3. The molecule has 2 fully saturated rings. The lowest BCUT2D eigenvalue weighted by Crippen LogP contribution is -2.62. The van der Waals surface area contributed by atoms with Crippen LogP contribution >= 0.6 is 0 Å². The summed E-state index contributed by atoms with van der Waals surface area (Å²) in [5, 5.41) is 6.95. The fourth-order valence-corrected chi connectivity index (χ4v) is 4.76. The number of carbonyl (C=O) groups excluding carboxylic acids is 1. The quantitative estimate of drug-likeness (QED) is 0.830. The van der Waals surface area contributed by atoms with Crippen LogP contribution in [-0.2, 0) is 11.3 Å². The smallest absolute Gasteiger partial charge is 0.317 e. The standard InChI is InChI=1S/C22H35N3O2/c1-21(2)12-19(13-22(3,4)24-21)23-20(26)25-11-10-18(14-25)16-27-15-17-8-6-5-7-9-17/h5-9,18-19,24H,10-16H2,1-4H3,(H,23,26). The van der Waals surface area contributed by atoms with Crippen molar-refractivity contribution in [2.75, 3.05) is 19.7 Å². The van der Waals surface area contributed by atoms with Gasteiger partial charge in [0.05, 0.1) is 13.2 Å². The monoisotopic (exact) mass is 373 g/mol. The summed E-state index contributed by atoms with van der Waals surface area (Å²) in [6.45, 7) is 11.8. The number of piperidine rings is 1. The average molecular weight is 374 g/mol. The summed E-state index contributed by atoms with van der Waals surface area (Å²) in [6.07, 6.45) is 2.94. The Hall–Kier alpha value is -1.59. The summed E-state index contributed by atoms with van der Waals surface area (Å²) in [6, 6.07) is 10.5. The Morgan fingerprint density at radius 2 is 1.85 bits per heavy atom. The molecule has 0 bridgehead atoms. The minimum Gasteiger partial charge on any atom is -0.376 e.